The summed E-state index contributed by atoms with van der Waals surface area (Å²) >= 11 is 0. The molecule has 5 nitrogen and oxygen atoms in total. The summed E-state index contributed by atoms with van der Waals surface area (Å²) in [5, 5.41) is 6.14. The molecule has 2 unspecified atom stereocenters. The van der Waals surface area contributed by atoms with Crippen molar-refractivity contribution in [2.24, 2.45) is 5.92 Å². The fourth-order valence-corrected chi connectivity index (χ4v) is 4.37. The average molecular weight is 274 g/mol. The molecule has 6 heteroatoms. The van der Waals surface area contributed by atoms with Gasteiger partial charge in [-0.25, -0.2) is 8.42 Å². The normalized spacial score (nSPS) is 31.1. The van der Waals surface area contributed by atoms with Crippen LogP contribution in [0.5, 0.6) is 0 Å². The van der Waals surface area contributed by atoms with Crippen LogP contribution in [0.15, 0.2) is 0 Å². The standard InChI is InChI=1S/C12H22N2O3S/c15-12(4-3-10-5-6-13-8-10)14-11-2-1-7-18(16,17)9-11/h10-11,13H,1-9H2,(H,14,15). The van der Waals surface area contributed by atoms with E-state index in [0.29, 0.717) is 18.8 Å². The number of hydrogen-bond acceptors (Lipinski definition) is 4. The SMILES string of the molecule is O=C(CCC1CCNC1)NC1CCCS(=O)(=O)C1. The lowest BCUT2D eigenvalue weighted by Crippen LogP contribution is -2.43. The molecule has 0 aromatic heterocycles. The second kappa shape index (κ2) is 6.02. The van der Waals surface area contributed by atoms with Crippen LogP contribution < -0.4 is 10.6 Å². The van der Waals surface area contributed by atoms with Gasteiger partial charge in [-0.2, -0.15) is 0 Å². The van der Waals surface area contributed by atoms with Crippen LogP contribution in [-0.2, 0) is 14.6 Å². The first kappa shape index (κ1) is 13.8. The van der Waals surface area contributed by atoms with Crippen LogP contribution in [0.2, 0.25) is 0 Å². The second-order valence-corrected chi connectivity index (χ2v) is 7.65. The lowest BCUT2D eigenvalue weighted by Gasteiger charge is -2.23. The maximum Gasteiger partial charge on any atom is 0.220 e. The molecule has 2 atom stereocenters. The minimum absolute atomic E-state index is 0.00370. The van der Waals surface area contributed by atoms with E-state index in [0.717, 1.165) is 32.4 Å². The first-order chi connectivity index (χ1) is 8.55. The minimum atomic E-state index is -2.93. The van der Waals surface area contributed by atoms with Gasteiger partial charge in [0.2, 0.25) is 5.91 Å². The molecule has 2 heterocycles. The molecule has 18 heavy (non-hydrogen) atoms. The van der Waals surface area contributed by atoms with Crippen LogP contribution in [0.25, 0.3) is 0 Å². The average Bonchev–Trinajstić information content (AvgIpc) is 2.77. The molecule has 0 spiro atoms. The molecule has 0 radical (unpaired) electrons. The molecule has 0 saturated carbocycles. The molecular formula is C12H22N2O3S. The quantitative estimate of drug-likeness (QED) is 0.761. The smallest absolute Gasteiger partial charge is 0.220 e. The van der Waals surface area contributed by atoms with Crippen molar-refractivity contribution in [2.75, 3.05) is 24.6 Å². The lowest BCUT2D eigenvalue weighted by atomic mass is 10.0. The highest BCUT2D eigenvalue weighted by Gasteiger charge is 2.26. The van der Waals surface area contributed by atoms with Crippen molar-refractivity contribution in [1.82, 2.24) is 10.6 Å². The van der Waals surface area contributed by atoms with E-state index in [2.05, 4.69) is 10.6 Å². The van der Waals surface area contributed by atoms with Gasteiger partial charge in [0, 0.05) is 12.5 Å². The summed E-state index contributed by atoms with van der Waals surface area (Å²) in [6, 6.07) is -0.169. The lowest BCUT2D eigenvalue weighted by molar-refractivity contribution is -0.122. The summed E-state index contributed by atoms with van der Waals surface area (Å²) in [5.74, 6) is 0.992. The van der Waals surface area contributed by atoms with E-state index in [1.54, 1.807) is 0 Å². The van der Waals surface area contributed by atoms with Crippen molar-refractivity contribution in [1.29, 1.82) is 0 Å². The van der Waals surface area contributed by atoms with Gasteiger partial charge in [-0.05, 0) is 44.7 Å². The summed E-state index contributed by atoms with van der Waals surface area (Å²) in [6.07, 6.45) is 4.02. The number of nitrogens with one attached hydrogen (secondary N) is 2. The predicted octanol–water partition coefficient (Wildman–Crippen LogP) is 0.0695. The Hall–Kier alpha value is -0.620. The van der Waals surface area contributed by atoms with E-state index in [-0.39, 0.29) is 23.5 Å². The Bertz CT molecular complexity index is 388. The molecular weight excluding hydrogens is 252 g/mol. The monoisotopic (exact) mass is 274 g/mol. The molecule has 2 N–H and O–H groups in total. The minimum Gasteiger partial charge on any atom is -0.352 e. The Kier molecular flexibility index (Phi) is 4.61. The van der Waals surface area contributed by atoms with Gasteiger partial charge in [-0.1, -0.05) is 0 Å². The molecule has 0 aromatic rings. The van der Waals surface area contributed by atoms with Crippen molar-refractivity contribution in [3.05, 3.63) is 0 Å². The Labute approximate surface area is 109 Å². The Morgan fingerprint density at radius 2 is 2.17 bits per heavy atom. The summed E-state index contributed by atoms with van der Waals surface area (Å²) in [4.78, 5) is 11.8. The van der Waals surface area contributed by atoms with E-state index < -0.39 is 9.84 Å². The van der Waals surface area contributed by atoms with E-state index in [1.807, 2.05) is 0 Å². The molecule has 2 aliphatic rings. The zero-order valence-corrected chi connectivity index (χ0v) is 11.5. The third-order valence-electron chi connectivity index (χ3n) is 3.77. The summed E-state index contributed by atoms with van der Waals surface area (Å²) in [6.45, 7) is 2.05. The molecule has 2 aliphatic heterocycles. The van der Waals surface area contributed by atoms with Crippen molar-refractivity contribution >= 4 is 15.7 Å². The number of amides is 1. The number of sulfone groups is 1. The van der Waals surface area contributed by atoms with Crippen LogP contribution in [-0.4, -0.2) is 45.0 Å². The fraction of sp³-hybridized carbons (Fsp3) is 0.917. The molecule has 1 amide bonds. The summed E-state index contributed by atoms with van der Waals surface area (Å²) < 4.78 is 22.9. The zero-order chi connectivity index (χ0) is 13.0. The highest BCUT2D eigenvalue weighted by molar-refractivity contribution is 7.91. The number of hydrogen-bond donors (Lipinski definition) is 2. The molecule has 0 aliphatic carbocycles. The highest BCUT2D eigenvalue weighted by atomic mass is 32.2. The van der Waals surface area contributed by atoms with Crippen molar-refractivity contribution in [2.45, 2.75) is 38.1 Å². The largest absolute Gasteiger partial charge is 0.352 e. The highest BCUT2D eigenvalue weighted by Crippen LogP contribution is 2.15. The van der Waals surface area contributed by atoms with Crippen LogP contribution in [0.4, 0.5) is 0 Å². The van der Waals surface area contributed by atoms with Gasteiger partial charge >= 0.3 is 0 Å². The van der Waals surface area contributed by atoms with E-state index >= 15 is 0 Å². The van der Waals surface area contributed by atoms with E-state index in [4.69, 9.17) is 0 Å². The van der Waals surface area contributed by atoms with E-state index in [9.17, 15) is 13.2 Å². The molecule has 2 rings (SSSR count). The topological polar surface area (TPSA) is 75.3 Å². The number of rotatable bonds is 4. The van der Waals surface area contributed by atoms with Crippen molar-refractivity contribution in [3.63, 3.8) is 0 Å². The van der Waals surface area contributed by atoms with Crippen molar-refractivity contribution < 1.29 is 13.2 Å². The van der Waals surface area contributed by atoms with Gasteiger partial charge in [0.05, 0.1) is 11.5 Å². The Balaban J connectivity index is 1.70. The molecule has 0 aromatic carbocycles. The summed E-state index contributed by atoms with van der Waals surface area (Å²) in [5.41, 5.74) is 0. The maximum absolute atomic E-state index is 11.8. The molecule has 0 bridgehead atoms. The third-order valence-corrected chi connectivity index (χ3v) is 5.59. The van der Waals surface area contributed by atoms with Gasteiger partial charge in [0.1, 0.15) is 0 Å². The Morgan fingerprint density at radius 1 is 1.33 bits per heavy atom. The van der Waals surface area contributed by atoms with Gasteiger partial charge in [0.15, 0.2) is 9.84 Å². The van der Waals surface area contributed by atoms with Crippen LogP contribution in [0.1, 0.15) is 32.1 Å². The molecule has 104 valence electrons. The molecule has 2 saturated heterocycles. The Morgan fingerprint density at radius 3 is 2.83 bits per heavy atom. The fourth-order valence-electron chi connectivity index (χ4n) is 2.73. The van der Waals surface area contributed by atoms with Crippen molar-refractivity contribution in [3.8, 4) is 0 Å². The predicted molar refractivity (Wildman–Crippen MR) is 70.0 cm³/mol. The first-order valence-electron chi connectivity index (χ1n) is 6.76. The number of carbonyl (C=O) groups is 1. The van der Waals surface area contributed by atoms with Gasteiger partial charge in [0.25, 0.3) is 0 Å². The van der Waals surface area contributed by atoms with E-state index in [1.165, 1.54) is 0 Å². The van der Waals surface area contributed by atoms with Gasteiger partial charge in [-0.15, -0.1) is 0 Å². The maximum atomic E-state index is 11.8. The molecule has 2 fully saturated rings. The van der Waals surface area contributed by atoms with Crippen LogP contribution in [0.3, 0.4) is 0 Å². The zero-order valence-electron chi connectivity index (χ0n) is 10.7. The van der Waals surface area contributed by atoms with Gasteiger partial charge in [-0.3, -0.25) is 4.79 Å². The first-order valence-corrected chi connectivity index (χ1v) is 8.58. The third kappa shape index (κ3) is 4.24. The van der Waals surface area contributed by atoms with Crippen LogP contribution >= 0.6 is 0 Å². The van der Waals surface area contributed by atoms with Crippen LogP contribution in [0, 0.1) is 5.92 Å². The van der Waals surface area contributed by atoms with Gasteiger partial charge < -0.3 is 10.6 Å². The second-order valence-electron chi connectivity index (χ2n) is 5.42. The number of carbonyl (C=O) groups excluding carboxylic acids is 1. The summed E-state index contributed by atoms with van der Waals surface area (Å²) in [7, 11) is -2.93.